The molecular formula is C14H25N5. The van der Waals surface area contributed by atoms with Gasteiger partial charge in [0.2, 0.25) is 0 Å². The van der Waals surface area contributed by atoms with Crippen molar-refractivity contribution in [3.63, 3.8) is 0 Å². The van der Waals surface area contributed by atoms with E-state index >= 15 is 0 Å². The van der Waals surface area contributed by atoms with Crippen molar-refractivity contribution >= 4 is 11.6 Å². The van der Waals surface area contributed by atoms with Crippen LogP contribution >= 0.6 is 0 Å². The highest BCUT2D eigenvalue weighted by atomic mass is 15.3. The first-order valence-electron chi connectivity index (χ1n) is 7.02. The summed E-state index contributed by atoms with van der Waals surface area (Å²) in [5, 5.41) is 3.52. The van der Waals surface area contributed by atoms with E-state index in [4.69, 9.17) is 5.84 Å². The maximum Gasteiger partial charge on any atom is 0.145 e. The summed E-state index contributed by atoms with van der Waals surface area (Å²) in [6.07, 6.45) is 3.63. The van der Waals surface area contributed by atoms with Crippen molar-refractivity contribution in [1.29, 1.82) is 0 Å². The van der Waals surface area contributed by atoms with Gasteiger partial charge in [-0.3, -0.25) is 0 Å². The van der Waals surface area contributed by atoms with Crippen LogP contribution in [-0.2, 0) is 0 Å². The van der Waals surface area contributed by atoms with Crippen LogP contribution in [-0.4, -0.2) is 16.0 Å². The molecule has 5 nitrogen and oxygen atoms in total. The van der Waals surface area contributed by atoms with E-state index in [-0.39, 0.29) is 5.92 Å². The fraction of sp³-hybridized carbons (Fsp3) is 0.714. The van der Waals surface area contributed by atoms with E-state index in [1.807, 2.05) is 6.07 Å². The van der Waals surface area contributed by atoms with Gasteiger partial charge in [0.05, 0.1) is 0 Å². The Morgan fingerprint density at radius 2 is 2.00 bits per heavy atom. The highest BCUT2D eigenvalue weighted by Gasteiger charge is 2.31. The molecule has 4 N–H and O–H groups in total. The van der Waals surface area contributed by atoms with Crippen molar-refractivity contribution in [2.45, 2.75) is 58.9 Å². The van der Waals surface area contributed by atoms with Crippen LogP contribution in [0.5, 0.6) is 0 Å². The molecule has 1 atom stereocenters. The number of anilines is 2. The Bertz CT molecular complexity index is 441. The summed E-state index contributed by atoms with van der Waals surface area (Å²) >= 11 is 0. The number of nitrogens with two attached hydrogens (primary N) is 1. The average molecular weight is 263 g/mol. The Morgan fingerprint density at radius 1 is 1.32 bits per heavy atom. The standard InChI is InChI=1S/C14H25N5/c1-9(2)13-17-11(7-12(18-13)19-15)16-10-5-6-14(3,4)8-10/h7,9-10H,5-6,8,15H2,1-4H3,(H2,16,17,18,19). The molecule has 1 aromatic heterocycles. The van der Waals surface area contributed by atoms with Crippen LogP contribution < -0.4 is 16.6 Å². The molecule has 0 saturated heterocycles. The molecule has 1 heterocycles. The van der Waals surface area contributed by atoms with E-state index in [1.165, 1.54) is 19.3 Å². The van der Waals surface area contributed by atoms with Gasteiger partial charge < -0.3 is 10.7 Å². The molecule has 0 bridgehead atoms. The van der Waals surface area contributed by atoms with E-state index in [0.717, 1.165) is 11.6 Å². The molecule has 1 fully saturated rings. The number of nitrogens with zero attached hydrogens (tertiary/aromatic N) is 2. The topological polar surface area (TPSA) is 75.9 Å². The minimum Gasteiger partial charge on any atom is -0.367 e. The van der Waals surface area contributed by atoms with E-state index < -0.39 is 0 Å². The zero-order chi connectivity index (χ0) is 14.0. The second-order valence-electron chi connectivity index (χ2n) is 6.54. The smallest absolute Gasteiger partial charge is 0.145 e. The van der Waals surface area contributed by atoms with Gasteiger partial charge in [0, 0.05) is 18.0 Å². The van der Waals surface area contributed by atoms with Gasteiger partial charge in [0.25, 0.3) is 0 Å². The maximum atomic E-state index is 5.47. The van der Waals surface area contributed by atoms with Crippen molar-refractivity contribution in [2.75, 3.05) is 10.7 Å². The number of hydrazine groups is 1. The summed E-state index contributed by atoms with van der Waals surface area (Å²) in [7, 11) is 0. The summed E-state index contributed by atoms with van der Waals surface area (Å²) < 4.78 is 0. The highest BCUT2D eigenvalue weighted by Crippen LogP contribution is 2.38. The first-order valence-corrected chi connectivity index (χ1v) is 7.02. The van der Waals surface area contributed by atoms with Gasteiger partial charge in [-0.05, 0) is 24.7 Å². The van der Waals surface area contributed by atoms with Crippen LogP contribution in [0.4, 0.5) is 11.6 Å². The third-order valence-electron chi connectivity index (χ3n) is 3.73. The number of nitrogens with one attached hydrogen (secondary N) is 2. The van der Waals surface area contributed by atoms with Crippen LogP contribution in [0.2, 0.25) is 0 Å². The molecule has 106 valence electrons. The molecule has 19 heavy (non-hydrogen) atoms. The van der Waals surface area contributed by atoms with Gasteiger partial charge in [-0.1, -0.05) is 27.7 Å². The van der Waals surface area contributed by atoms with Crippen molar-refractivity contribution in [3.8, 4) is 0 Å². The normalized spacial score (nSPS) is 21.7. The summed E-state index contributed by atoms with van der Waals surface area (Å²) in [5.74, 6) is 8.11. The predicted octanol–water partition coefficient (Wildman–Crippen LogP) is 2.88. The molecule has 0 radical (unpaired) electrons. The first-order chi connectivity index (χ1) is 8.89. The monoisotopic (exact) mass is 263 g/mol. The third kappa shape index (κ3) is 3.56. The summed E-state index contributed by atoms with van der Waals surface area (Å²) in [6, 6.07) is 2.37. The molecule has 2 rings (SSSR count). The van der Waals surface area contributed by atoms with Gasteiger partial charge in [0.1, 0.15) is 17.5 Å². The number of hydrogen-bond acceptors (Lipinski definition) is 5. The zero-order valence-electron chi connectivity index (χ0n) is 12.3. The molecule has 5 heteroatoms. The Balaban J connectivity index is 2.13. The number of hydrogen-bond donors (Lipinski definition) is 3. The minimum atomic E-state index is 0.286. The third-order valence-corrected chi connectivity index (χ3v) is 3.73. The summed E-state index contributed by atoms with van der Waals surface area (Å²) in [5.41, 5.74) is 3.04. The molecule has 0 amide bonds. The fourth-order valence-corrected chi connectivity index (χ4v) is 2.64. The number of aromatic nitrogens is 2. The molecular weight excluding hydrogens is 238 g/mol. The number of nitrogen functional groups attached to an aromatic ring is 1. The minimum absolute atomic E-state index is 0.286. The number of rotatable bonds is 4. The van der Waals surface area contributed by atoms with Gasteiger partial charge in [-0.25, -0.2) is 15.8 Å². The lowest BCUT2D eigenvalue weighted by Crippen LogP contribution is -2.20. The second-order valence-corrected chi connectivity index (χ2v) is 6.54. The molecule has 1 aliphatic carbocycles. The molecule has 1 aliphatic rings. The van der Waals surface area contributed by atoms with E-state index in [1.54, 1.807) is 0 Å². The van der Waals surface area contributed by atoms with Crippen LogP contribution in [0, 0.1) is 5.41 Å². The molecule has 0 aromatic carbocycles. The van der Waals surface area contributed by atoms with E-state index in [9.17, 15) is 0 Å². The van der Waals surface area contributed by atoms with Gasteiger partial charge >= 0.3 is 0 Å². The molecule has 1 unspecified atom stereocenters. The van der Waals surface area contributed by atoms with Crippen LogP contribution in [0.1, 0.15) is 58.7 Å². The quantitative estimate of drug-likeness (QED) is 0.575. The Hall–Kier alpha value is -1.36. The first kappa shape index (κ1) is 14.1. The Labute approximate surface area is 115 Å². The van der Waals surface area contributed by atoms with Gasteiger partial charge in [-0.2, -0.15) is 0 Å². The summed E-state index contributed by atoms with van der Waals surface area (Å²) in [4.78, 5) is 8.94. The van der Waals surface area contributed by atoms with Crippen LogP contribution in [0.25, 0.3) is 0 Å². The molecule has 0 aliphatic heterocycles. The maximum absolute atomic E-state index is 5.47. The SMILES string of the molecule is CC(C)c1nc(NN)cc(NC2CCC(C)(C)C2)n1. The molecule has 1 aromatic rings. The van der Waals surface area contributed by atoms with Crippen molar-refractivity contribution in [2.24, 2.45) is 11.3 Å². The lowest BCUT2D eigenvalue weighted by atomic mass is 9.92. The van der Waals surface area contributed by atoms with Gasteiger partial charge in [-0.15, -0.1) is 0 Å². The molecule has 0 spiro atoms. The Morgan fingerprint density at radius 3 is 2.53 bits per heavy atom. The lowest BCUT2D eigenvalue weighted by Gasteiger charge is -2.19. The van der Waals surface area contributed by atoms with Crippen molar-refractivity contribution < 1.29 is 0 Å². The van der Waals surface area contributed by atoms with E-state index in [2.05, 4.69) is 48.4 Å². The van der Waals surface area contributed by atoms with Crippen LogP contribution in [0.15, 0.2) is 6.07 Å². The van der Waals surface area contributed by atoms with Crippen molar-refractivity contribution in [1.82, 2.24) is 9.97 Å². The van der Waals surface area contributed by atoms with E-state index in [0.29, 0.717) is 17.3 Å². The Kier molecular flexibility index (Phi) is 3.94. The lowest BCUT2D eigenvalue weighted by molar-refractivity contribution is 0.378. The second kappa shape index (κ2) is 5.33. The fourth-order valence-electron chi connectivity index (χ4n) is 2.64. The highest BCUT2D eigenvalue weighted by molar-refractivity contribution is 5.47. The zero-order valence-corrected chi connectivity index (χ0v) is 12.3. The summed E-state index contributed by atoms with van der Waals surface area (Å²) in [6.45, 7) is 8.80. The van der Waals surface area contributed by atoms with Gasteiger partial charge in [0.15, 0.2) is 0 Å². The van der Waals surface area contributed by atoms with Crippen molar-refractivity contribution in [3.05, 3.63) is 11.9 Å². The predicted molar refractivity (Wildman–Crippen MR) is 79.0 cm³/mol. The van der Waals surface area contributed by atoms with Crippen LogP contribution in [0.3, 0.4) is 0 Å². The average Bonchev–Trinajstić information content (AvgIpc) is 2.68. The molecule has 1 saturated carbocycles. The largest absolute Gasteiger partial charge is 0.367 e.